The van der Waals surface area contributed by atoms with Gasteiger partial charge >= 0.3 is 0 Å². The van der Waals surface area contributed by atoms with E-state index in [-0.39, 0.29) is 12.1 Å². The fourth-order valence-corrected chi connectivity index (χ4v) is 1.14. The van der Waals surface area contributed by atoms with Gasteiger partial charge in [-0.3, -0.25) is 0 Å². The van der Waals surface area contributed by atoms with Crippen molar-refractivity contribution < 1.29 is 4.42 Å². The van der Waals surface area contributed by atoms with E-state index in [9.17, 15) is 0 Å². The first-order valence-corrected chi connectivity index (χ1v) is 4.43. The summed E-state index contributed by atoms with van der Waals surface area (Å²) in [6, 6.07) is 3.65. The van der Waals surface area contributed by atoms with E-state index in [0.717, 1.165) is 17.9 Å². The quantitative estimate of drug-likeness (QED) is 0.618. The summed E-state index contributed by atoms with van der Waals surface area (Å²) in [6.45, 7) is 2.33. The van der Waals surface area contributed by atoms with Gasteiger partial charge in [-0.25, -0.2) is 0 Å². The molecular formula is C9H17N3O. The second-order valence-electron chi connectivity index (χ2n) is 3.33. The van der Waals surface area contributed by atoms with Crippen LogP contribution in [0.1, 0.15) is 24.5 Å². The van der Waals surface area contributed by atoms with Gasteiger partial charge in [-0.1, -0.05) is 0 Å². The fourth-order valence-electron chi connectivity index (χ4n) is 1.14. The molecule has 0 amide bonds. The molecule has 74 valence electrons. The third-order valence-corrected chi connectivity index (χ3v) is 1.82. The molecule has 13 heavy (non-hydrogen) atoms. The van der Waals surface area contributed by atoms with Crippen LogP contribution in [0.25, 0.3) is 0 Å². The predicted molar refractivity (Wildman–Crippen MR) is 52.0 cm³/mol. The van der Waals surface area contributed by atoms with E-state index in [0.29, 0.717) is 6.54 Å². The molecule has 0 aliphatic carbocycles. The maximum atomic E-state index is 5.69. The van der Waals surface area contributed by atoms with E-state index < -0.39 is 0 Å². The Morgan fingerprint density at radius 3 is 2.62 bits per heavy atom. The molecule has 1 heterocycles. The van der Waals surface area contributed by atoms with Gasteiger partial charge in [0, 0.05) is 19.0 Å². The normalized spacial score (nSPS) is 15.7. The highest BCUT2D eigenvalue weighted by Crippen LogP contribution is 2.14. The molecule has 4 nitrogen and oxygen atoms in total. The summed E-state index contributed by atoms with van der Waals surface area (Å²) in [6.07, 6.45) is 0.733. The van der Waals surface area contributed by atoms with Crippen molar-refractivity contribution in [2.24, 2.45) is 17.2 Å². The Kier molecular flexibility index (Phi) is 3.48. The first-order chi connectivity index (χ1) is 6.13. The molecule has 1 rings (SSSR count). The van der Waals surface area contributed by atoms with Crippen LogP contribution in [0.3, 0.4) is 0 Å². The molecule has 0 aliphatic heterocycles. The Morgan fingerprint density at radius 2 is 2.08 bits per heavy atom. The van der Waals surface area contributed by atoms with Gasteiger partial charge in [-0.05, 0) is 19.1 Å². The van der Waals surface area contributed by atoms with Crippen LogP contribution < -0.4 is 17.2 Å². The van der Waals surface area contributed by atoms with Gasteiger partial charge in [0.2, 0.25) is 0 Å². The van der Waals surface area contributed by atoms with E-state index >= 15 is 0 Å². The summed E-state index contributed by atoms with van der Waals surface area (Å²) >= 11 is 0. The minimum absolute atomic E-state index is 0.105. The summed E-state index contributed by atoms with van der Waals surface area (Å²) < 4.78 is 5.46. The monoisotopic (exact) mass is 183 g/mol. The maximum Gasteiger partial charge on any atom is 0.122 e. The first kappa shape index (κ1) is 10.2. The summed E-state index contributed by atoms with van der Waals surface area (Å²) in [7, 11) is 0. The molecular weight excluding hydrogens is 166 g/mol. The van der Waals surface area contributed by atoms with Crippen LogP contribution in [0.5, 0.6) is 0 Å². The van der Waals surface area contributed by atoms with Gasteiger partial charge in [0.25, 0.3) is 0 Å². The molecule has 4 heteroatoms. The molecule has 0 saturated carbocycles. The Labute approximate surface area is 78.1 Å². The molecule has 2 atom stereocenters. The van der Waals surface area contributed by atoms with Crippen molar-refractivity contribution >= 4 is 0 Å². The van der Waals surface area contributed by atoms with Crippen LogP contribution in [0.2, 0.25) is 0 Å². The zero-order valence-corrected chi connectivity index (χ0v) is 7.86. The number of hydrogen-bond donors (Lipinski definition) is 3. The number of hydrogen-bond acceptors (Lipinski definition) is 4. The van der Waals surface area contributed by atoms with Crippen LogP contribution >= 0.6 is 0 Å². The van der Waals surface area contributed by atoms with E-state index in [1.165, 1.54) is 0 Å². The van der Waals surface area contributed by atoms with E-state index in [4.69, 9.17) is 21.6 Å². The van der Waals surface area contributed by atoms with Crippen molar-refractivity contribution in [2.75, 3.05) is 6.54 Å². The molecule has 0 radical (unpaired) electrons. The third-order valence-electron chi connectivity index (χ3n) is 1.82. The topological polar surface area (TPSA) is 91.2 Å². The maximum absolute atomic E-state index is 5.69. The minimum atomic E-state index is -0.207. The molecule has 0 fully saturated rings. The smallest absolute Gasteiger partial charge is 0.122 e. The van der Waals surface area contributed by atoms with Crippen LogP contribution in [0, 0.1) is 0 Å². The number of rotatable bonds is 4. The number of furan rings is 1. The average Bonchev–Trinajstić information content (AvgIpc) is 2.50. The Morgan fingerprint density at radius 1 is 1.38 bits per heavy atom. The van der Waals surface area contributed by atoms with Crippen LogP contribution in [0.4, 0.5) is 0 Å². The van der Waals surface area contributed by atoms with Crippen molar-refractivity contribution in [1.29, 1.82) is 0 Å². The minimum Gasteiger partial charge on any atom is -0.464 e. The highest BCUT2D eigenvalue weighted by molar-refractivity contribution is 5.11. The molecule has 0 saturated heterocycles. The average molecular weight is 183 g/mol. The van der Waals surface area contributed by atoms with Crippen molar-refractivity contribution in [3.63, 3.8) is 0 Å². The number of nitrogens with two attached hydrogens (primary N) is 3. The molecule has 0 aliphatic rings. The van der Waals surface area contributed by atoms with Crippen molar-refractivity contribution in [1.82, 2.24) is 0 Å². The van der Waals surface area contributed by atoms with Gasteiger partial charge in [0.1, 0.15) is 11.5 Å². The summed E-state index contributed by atoms with van der Waals surface area (Å²) in [5.74, 6) is 1.60. The molecule has 0 spiro atoms. The van der Waals surface area contributed by atoms with E-state index in [1.807, 2.05) is 19.1 Å². The van der Waals surface area contributed by atoms with Crippen LogP contribution in [-0.2, 0) is 6.42 Å². The molecule has 6 N–H and O–H groups in total. The second kappa shape index (κ2) is 4.41. The lowest BCUT2D eigenvalue weighted by Gasteiger charge is -2.04. The van der Waals surface area contributed by atoms with Gasteiger partial charge < -0.3 is 21.6 Å². The summed E-state index contributed by atoms with van der Waals surface area (Å²) in [4.78, 5) is 0. The van der Waals surface area contributed by atoms with Gasteiger partial charge in [-0.2, -0.15) is 0 Å². The van der Waals surface area contributed by atoms with Gasteiger partial charge in [0.15, 0.2) is 0 Å². The Bertz CT molecular complexity index is 257. The van der Waals surface area contributed by atoms with E-state index in [2.05, 4.69) is 0 Å². The van der Waals surface area contributed by atoms with Gasteiger partial charge in [0.05, 0.1) is 6.04 Å². The molecule has 2 unspecified atom stereocenters. The van der Waals surface area contributed by atoms with Gasteiger partial charge in [-0.15, -0.1) is 0 Å². The Balaban J connectivity index is 2.63. The lowest BCUT2D eigenvalue weighted by atomic mass is 10.2. The molecule has 1 aromatic heterocycles. The zero-order valence-electron chi connectivity index (χ0n) is 7.86. The fraction of sp³-hybridized carbons (Fsp3) is 0.556. The molecule has 1 aromatic rings. The van der Waals surface area contributed by atoms with E-state index in [1.54, 1.807) is 0 Å². The summed E-state index contributed by atoms with van der Waals surface area (Å²) in [5.41, 5.74) is 16.7. The van der Waals surface area contributed by atoms with Crippen LogP contribution in [0.15, 0.2) is 16.5 Å². The highest BCUT2D eigenvalue weighted by atomic mass is 16.3. The standard InChI is InChI=1S/C9H17N3O/c1-6(11)4-7-2-3-9(13-7)8(12)5-10/h2-3,6,8H,4-5,10-12H2,1H3. The molecule has 0 bridgehead atoms. The molecule has 0 aromatic carbocycles. The largest absolute Gasteiger partial charge is 0.464 e. The lowest BCUT2D eigenvalue weighted by Crippen LogP contribution is -2.20. The lowest BCUT2D eigenvalue weighted by molar-refractivity contribution is 0.426. The second-order valence-corrected chi connectivity index (χ2v) is 3.33. The highest BCUT2D eigenvalue weighted by Gasteiger charge is 2.09. The van der Waals surface area contributed by atoms with Crippen molar-refractivity contribution in [3.8, 4) is 0 Å². The van der Waals surface area contributed by atoms with Crippen molar-refractivity contribution in [2.45, 2.75) is 25.4 Å². The third kappa shape index (κ3) is 2.84. The predicted octanol–water partition coefficient (Wildman–Crippen LogP) is 0.128. The Hall–Kier alpha value is -0.840. The zero-order chi connectivity index (χ0) is 9.84. The SMILES string of the molecule is CC(N)Cc1ccc(C(N)CN)o1. The first-order valence-electron chi connectivity index (χ1n) is 4.43. The summed E-state index contributed by atoms with van der Waals surface area (Å²) in [5, 5.41) is 0. The van der Waals surface area contributed by atoms with Crippen molar-refractivity contribution in [3.05, 3.63) is 23.7 Å². The van der Waals surface area contributed by atoms with Crippen LogP contribution in [-0.4, -0.2) is 12.6 Å².